The van der Waals surface area contributed by atoms with Gasteiger partial charge in [0.2, 0.25) is 0 Å². The first-order valence-electron chi connectivity index (χ1n) is 5.57. The Labute approximate surface area is 92.5 Å². The fourth-order valence-corrected chi connectivity index (χ4v) is 1.81. The molecule has 1 aromatic rings. The van der Waals surface area contributed by atoms with E-state index >= 15 is 0 Å². The molecule has 1 nitrogen and oxygen atoms in total. The van der Waals surface area contributed by atoms with E-state index in [1.165, 1.54) is 22.3 Å². The number of rotatable bonds is 4. The van der Waals surface area contributed by atoms with Gasteiger partial charge in [0, 0.05) is 6.42 Å². The summed E-state index contributed by atoms with van der Waals surface area (Å²) >= 11 is 0. The first kappa shape index (κ1) is 12.0. The molecule has 1 heteroatoms. The van der Waals surface area contributed by atoms with E-state index in [4.69, 9.17) is 0 Å². The van der Waals surface area contributed by atoms with Crippen LogP contribution in [0.4, 0.5) is 0 Å². The molecule has 0 saturated heterocycles. The molecular formula is C14H20O. The third-order valence-corrected chi connectivity index (χ3v) is 3.15. The minimum atomic E-state index is 0.288. The third-order valence-electron chi connectivity index (χ3n) is 3.15. The number of aryl methyl sites for hydroxylation is 2. The van der Waals surface area contributed by atoms with Crippen LogP contribution in [0, 0.1) is 20.8 Å². The zero-order valence-electron chi connectivity index (χ0n) is 10.2. The first-order chi connectivity index (χ1) is 7.02. The Bertz CT molecular complexity index is 364. The van der Waals surface area contributed by atoms with Crippen LogP contribution >= 0.6 is 0 Å². The summed E-state index contributed by atoms with van der Waals surface area (Å²) in [6.07, 6.45) is 2.69. The van der Waals surface area contributed by atoms with Gasteiger partial charge in [-0.15, -0.1) is 0 Å². The van der Waals surface area contributed by atoms with Gasteiger partial charge in [-0.2, -0.15) is 0 Å². The van der Waals surface area contributed by atoms with Crippen molar-refractivity contribution in [2.75, 3.05) is 0 Å². The smallest absolute Gasteiger partial charge is 0.129 e. The molecule has 0 heterocycles. The lowest BCUT2D eigenvalue weighted by Crippen LogP contribution is -1.97. The van der Waals surface area contributed by atoms with E-state index < -0.39 is 0 Å². The maximum Gasteiger partial charge on any atom is 0.129 e. The van der Waals surface area contributed by atoms with Gasteiger partial charge in [-0.25, -0.2) is 0 Å². The summed E-state index contributed by atoms with van der Waals surface area (Å²) in [5, 5.41) is 0. The molecule has 1 aromatic carbocycles. The van der Waals surface area contributed by atoms with Crippen LogP contribution in [-0.4, -0.2) is 5.78 Å². The summed E-state index contributed by atoms with van der Waals surface area (Å²) in [6.45, 7) is 8.14. The van der Waals surface area contributed by atoms with Crippen molar-refractivity contribution in [2.24, 2.45) is 0 Å². The minimum absolute atomic E-state index is 0.288. The largest absolute Gasteiger partial charge is 0.300 e. The van der Waals surface area contributed by atoms with Crippen LogP contribution in [-0.2, 0) is 11.2 Å². The number of ketones is 1. The van der Waals surface area contributed by atoms with Gasteiger partial charge in [-0.05, 0) is 62.8 Å². The highest BCUT2D eigenvalue weighted by Crippen LogP contribution is 2.18. The normalized spacial score (nSPS) is 10.4. The first-order valence-corrected chi connectivity index (χ1v) is 5.57. The zero-order valence-corrected chi connectivity index (χ0v) is 10.2. The third kappa shape index (κ3) is 3.19. The van der Waals surface area contributed by atoms with Gasteiger partial charge in [0.1, 0.15) is 5.78 Å². The molecule has 15 heavy (non-hydrogen) atoms. The summed E-state index contributed by atoms with van der Waals surface area (Å²) in [7, 11) is 0. The van der Waals surface area contributed by atoms with E-state index in [0.717, 1.165) is 12.8 Å². The van der Waals surface area contributed by atoms with Crippen molar-refractivity contribution in [2.45, 2.75) is 47.0 Å². The van der Waals surface area contributed by atoms with E-state index in [2.05, 4.69) is 32.9 Å². The summed E-state index contributed by atoms with van der Waals surface area (Å²) in [6, 6.07) is 4.36. The second kappa shape index (κ2) is 5.11. The fraction of sp³-hybridized carbons (Fsp3) is 0.500. The number of hydrogen-bond donors (Lipinski definition) is 0. The van der Waals surface area contributed by atoms with Gasteiger partial charge >= 0.3 is 0 Å². The molecule has 0 aromatic heterocycles. The quantitative estimate of drug-likeness (QED) is 0.733. The Hall–Kier alpha value is -1.11. The molecule has 0 amide bonds. The van der Waals surface area contributed by atoms with Crippen LogP contribution < -0.4 is 0 Å². The van der Waals surface area contributed by atoms with Crippen LogP contribution in [0.1, 0.15) is 42.0 Å². The van der Waals surface area contributed by atoms with Gasteiger partial charge in [-0.1, -0.05) is 12.1 Å². The van der Waals surface area contributed by atoms with Crippen molar-refractivity contribution in [1.29, 1.82) is 0 Å². The number of benzene rings is 1. The maximum absolute atomic E-state index is 10.8. The zero-order chi connectivity index (χ0) is 11.4. The molecule has 0 spiro atoms. The van der Waals surface area contributed by atoms with Crippen molar-refractivity contribution in [3.8, 4) is 0 Å². The van der Waals surface area contributed by atoms with Crippen LogP contribution in [0.15, 0.2) is 12.1 Å². The van der Waals surface area contributed by atoms with Crippen molar-refractivity contribution < 1.29 is 4.79 Å². The second-order valence-corrected chi connectivity index (χ2v) is 4.35. The van der Waals surface area contributed by atoms with E-state index in [1.807, 2.05) is 0 Å². The average molecular weight is 204 g/mol. The number of carbonyl (C=O) groups excluding carboxylic acids is 1. The summed E-state index contributed by atoms with van der Waals surface area (Å²) in [5.41, 5.74) is 5.51. The Morgan fingerprint density at radius 2 is 1.80 bits per heavy atom. The molecule has 0 unspecified atom stereocenters. The highest BCUT2D eigenvalue weighted by Gasteiger charge is 2.03. The fourth-order valence-electron chi connectivity index (χ4n) is 1.81. The molecule has 82 valence electrons. The Balaban J connectivity index is 2.70. The lowest BCUT2D eigenvalue weighted by atomic mass is 9.95. The van der Waals surface area contributed by atoms with E-state index in [-0.39, 0.29) is 5.78 Å². The van der Waals surface area contributed by atoms with Crippen LogP contribution in [0.5, 0.6) is 0 Å². The molecule has 0 aliphatic carbocycles. The molecule has 0 saturated carbocycles. The topological polar surface area (TPSA) is 17.1 Å². The average Bonchev–Trinajstić information content (AvgIpc) is 2.18. The lowest BCUT2D eigenvalue weighted by Gasteiger charge is -2.10. The SMILES string of the molecule is CC(=O)CCCc1ccc(C)c(C)c1C. The van der Waals surface area contributed by atoms with Crippen LogP contribution in [0.25, 0.3) is 0 Å². The molecule has 1 rings (SSSR count). The number of carbonyl (C=O) groups is 1. The molecule has 0 atom stereocenters. The Kier molecular flexibility index (Phi) is 4.07. The Morgan fingerprint density at radius 1 is 1.13 bits per heavy atom. The van der Waals surface area contributed by atoms with E-state index in [1.54, 1.807) is 6.92 Å². The van der Waals surface area contributed by atoms with Gasteiger partial charge in [-0.3, -0.25) is 0 Å². The number of Topliss-reactive ketones (excluding diaryl/α,β-unsaturated/α-hetero) is 1. The summed E-state index contributed by atoms with van der Waals surface area (Å²) in [5.74, 6) is 0.288. The molecule has 0 N–H and O–H groups in total. The van der Waals surface area contributed by atoms with Gasteiger partial charge < -0.3 is 4.79 Å². The summed E-state index contributed by atoms with van der Waals surface area (Å²) < 4.78 is 0. The highest BCUT2D eigenvalue weighted by atomic mass is 16.1. The van der Waals surface area contributed by atoms with Crippen molar-refractivity contribution in [3.63, 3.8) is 0 Å². The lowest BCUT2D eigenvalue weighted by molar-refractivity contribution is -0.117. The standard InChI is InChI=1S/C14H20O/c1-10-8-9-14(13(4)12(10)3)7-5-6-11(2)15/h8-9H,5-7H2,1-4H3. The monoisotopic (exact) mass is 204 g/mol. The molecule has 0 fully saturated rings. The second-order valence-electron chi connectivity index (χ2n) is 4.35. The minimum Gasteiger partial charge on any atom is -0.300 e. The van der Waals surface area contributed by atoms with Gasteiger partial charge in [0.05, 0.1) is 0 Å². The molecule has 0 bridgehead atoms. The predicted octanol–water partition coefficient (Wildman–Crippen LogP) is 3.52. The number of hydrogen-bond acceptors (Lipinski definition) is 1. The van der Waals surface area contributed by atoms with Crippen molar-refractivity contribution >= 4 is 5.78 Å². The van der Waals surface area contributed by atoms with Gasteiger partial charge in [0.15, 0.2) is 0 Å². The van der Waals surface area contributed by atoms with Crippen LogP contribution in [0.3, 0.4) is 0 Å². The predicted molar refractivity (Wildman–Crippen MR) is 64.3 cm³/mol. The van der Waals surface area contributed by atoms with Crippen molar-refractivity contribution in [3.05, 3.63) is 34.4 Å². The summed E-state index contributed by atoms with van der Waals surface area (Å²) in [4.78, 5) is 10.8. The maximum atomic E-state index is 10.8. The Morgan fingerprint density at radius 3 is 2.40 bits per heavy atom. The van der Waals surface area contributed by atoms with E-state index in [0.29, 0.717) is 6.42 Å². The van der Waals surface area contributed by atoms with Crippen molar-refractivity contribution in [1.82, 2.24) is 0 Å². The highest BCUT2D eigenvalue weighted by molar-refractivity contribution is 5.75. The molecule has 0 aliphatic heterocycles. The van der Waals surface area contributed by atoms with Crippen LogP contribution in [0.2, 0.25) is 0 Å². The van der Waals surface area contributed by atoms with Gasteiger partial charge in [0.25, 0.3) is 0 Å². The molecular weight excluding hydrogens is 184 g/mol. The van der Waals surface area contributed by atoms with E-state index in [9.17, 15) is 4.79 Å². The molecule has 0 radical (unpaired) electrons. The molecule has 0 aliphatic rings.